The number of aromatic nitrogens is 2. The van der Waals surface area contributed by atoms with Crippen molar-refractivity contribution >= 4 is 5.69 Å². The van der Waals surface area contributed by atoms with Crippen LogP contribution in [0.4, 0.5) is 5.69 Å². The number of hydrogen-bond donors (Lipinski definition) is 1. The minimum absolute atomic E-state index is 0.0581. The molecule has 0 radical (unpaired) electrons. The molecule has 2 N–H and O–H groups in total. The van der Waals surface area contributed by atoms with Crippen LogP contribution in [0.2, 0.25) is 0 Å². The summed E-state index contributed by atoms with van der Waals surface area (Å²) in [6.45, 7) is 4.70. The van der Waals surface area contributed by atoms with E-state index in [1.54, 1.807) is 0 Å². The van der Waals surface area contributed by atoms with Crippen LogP contribution in [0.1, 0.15) is 13.8 Å². The number of ether oxygens (including phenoxy) is 1. The Morgan fingerprint density at radius 2 is 2.13 bits per heavy atom. The zero-order chi connectivity index (χ0) is 11.5. The fourth-order valence-corrected chi connectivity index (χ4v) is 0.824. The molecule has 0 atom stereocenters. The molecule has 0 fully saturated rings. The van der Waals surface area contributed by atoms with Crippen molar-refractivity contribution in [3.8, 4) is 5.88 Å². The maximum absolute atomic E-state index is 5.66. The predicted molar refractivity (Wildman–Crippen MR) is 59.7 cm³/mol. The fraction of sp³-hybridized carbons (Fsp3) is 0.600. The molecule has 0 aromatic carbocycles. The highest BCUT2D eigenvalue weighted by Crippen LogP contribution is 2.18. The highest BCUT2D eigenvalue weighted by atomic mass is 16.5. The normalized spacial score (nSPS) is 11.8. The molecule has 0 amide bonds. The number of nitrogens with two attached hydrogens (primary N) is 1. The Labute approximate surface area is 90.3 Å². The monoisotopic (exact) mass is 210 g/mol. The Morgan fingerprint density at radius 1 is 1.47 bits per heavy atom. The van der Waals surface area contributed by atoms with Crippen LogP contribution in [0, 0.1) is 0 Å². The van der Waals surface area contributed by atoms with Gasteiger partial charge in [0.15, 0.2) is 0 Å². The second kappa shape index (κ2) is 4.44. The van der Waals surface area contributed by atoms with Gasteiger partial charge in [-0.05, 0) is 27.9 Å². The summed E-state index contributed by atoms with van der Waals surface area (Å²) in [5, 5.41) is 0. The third kappa shape index (κ3) is 3.06. The molecule has 0 unspecified atom stereocenters. The number of likely N-dealkylation sites (N-methyl/N-ethyl adjacent to an activating group) is 1. The molecule has 5 nitrogen and oxygen atoms in total. The van der Waals surface area contributed by atoms with Gasteiger partial charge in [0.05, 0.1) is 6.20 Å². The Balaban J connectivity index is 2.62. The van der Waals surface area contributed by atoms with Gasteiger partial charge in [-0.25, -0.2) is 9.97 Å². The van der Waals surface area contributed by atoms with Crippen molar-refractivity contribution < 1.29 is 4.74 Å². The Hall–Kier alpha value is -1.36. The van der Waals surface area contributed by atoms with Crippen molar-refractivity contribution in [1.82, 2.24) is 14.9 Å². The van der Waals surface area contributed by atoms with E-state index in [9.17, 15) is 0 Å². The first kappa shape index (κ1) is 11.7. The maximum atomic E-state index is 5.66. The topological polar surface area (TPSA) is 64.3 Å². The van der Waals surface area contributed by atoms with Gasteiger partial charge in [-0.15, -0.1) is 0 Å². The first-order valence-corrected chi connectivity index (χ1v) is 4.79. The molecule has 1 aromatic heterocycles. The predicted octanol–water partition coefficient (Wildman–Crippen LogP) is 0.778. The highest BCUT2D eigenvalue weighted by molar-refractivity contribution is 5.44. The van der Waals surface area contributed by atoms with Crippen LogP contribution in [0.5, 0.6) is 5.88 Å². The first-order chi connectivity index (χ1) is 6.93. The third-order valence-electron chi connectivity index (χ3n) is 2.47. The van der Waals surface area contributed by atoms with E-state index in [-0.39, 0.29) is 5.54 Å². The quantitative estimate of drug-likeness (QED) is 0.795. The number of nitrogens with zero attached hydrogens (tertiary/aromatic N) is 3. The summed E-state index contributed by atoms with van der Waals surface area (Å²) in [6.07, 6.45) is 2.96. The summed E-state index contributed by atoms with van der Waals surface area (Å²) < 4.78 is 5.55. The summed E-state index contributed by atoms with van der Waals surface area (Å²) in [7, 11) is 4.01. The maximum Gasteiger partial charge on any atom is 0.240 e. The van der Waals surface area contributed by atoms with Crippen molar-refractivity contribution in [2.24, 2.45) is 0 Å². The van der Waals surface area contributed by atoms with Gasteiger partial charge >= 0.3 is 0 Å². The molecule has 0 saturated heterocycles. The smallest absolute Gasteiger partial charge is 0.240 e. The number of hydrogen-bond acceptors (Lipinski definition) is 5. The summed E-state index contributed by atoms with van der Waals surface area (Å²) in [6, 6.07) is 0. The third-order valence-corrected chi connectivity index (χ3v) is 2.47. The van der Waals surface area contributed by atoms with Gasteiger partial charge < -0.3 is 15.4 Å². The molecule has 0 aliphatic heterocycles. The van der Waals surface area contributed by atoms with Crippen LogP contribution in [-0.4, -0.2) is 41.1 Å². The lowest BCUT2D eigenvalue weighted by atomic mass is 10.1. The van der Waals surface area contributed by atoms with Crippen LogP contribution < -0.4 is 10.5 Å². The Morgan fingerprint density at radius 3 is 2.67 bits per heavy atom. The van der Waals surface area contributed by atoms with Crippen LogP contribution in [0.15, 0.2) is 12.5 Å². The second-order valence-electron chi connectivity index (χ2n) is 4.28. The second-order valence-corrected chi connectivity index (χ2v) is 4.28. The summed E-state index contributed by atoms with van der Waals surface area (Å²) in [5.41, 5.74) is 6.07. The molecule has 84 valence electrons. The average Bonchev–Trinajstić information content (AvgIpc) is 2.16. The standard InChI is InChI=1S/C10H18N4O/c1-10(2,14(3)4)6-15-9-8(11)5-12-7-13-9/h5,7H,6,11H2,1-4H3. The van der Waals surface area contributed by atoms with Crippen molar-refractivity contribution in [1.29, 1.82) is 0 Å². The molecular formula is C10H18N4O. The number of nitrogen functional groups attached to an aromatic ring is 1. The highest BCUT2D eigenvalue weighted by Gasteiger charge is 2.21. The lowest BCUT2D eigenvalue weighted by molar-refractivity contribution is 0.111. The van der Waals surface area contributed by atoms with Crippen molar-refractivity contribution in [3.63, 3.8) is 0 Å². The molecule has 0 bridgehead atoms. The van der Waals surface area contributed by atoms with E-state index in [1.807, 2.05) is 14.1 Å². The van der Waals surface area contributed by atoms with Crippen molar-refractivity contribution in [3.05, 3.63) is 12.5 Å². The van der Waals surface area contributed by atoms with E-state index in [0.717, 1.165) is 0 Å². The first-order valence-electron chi connectivity index (χ1n) is 4.79. The van der Waals surface area contributed by atoms with E-state index >= 15 is 0 Å². The van der Waals surface area contributed by atoms with Crippen molar-refractivity contribution in [2.75, 3.05) is 26.4 Å². The van der Waals surface area contributed by atoms with Crippen LogP contribution in [0.25, 0.3) is 0 Å². The molecule has 0 spiro atoms. The molecule has 1 heterocycles. The van der Waals surface area contributed by atoms with Gasteiger partial charge in [-0.3, -0.25) is 0 Å². The number of rotatable bonds is 4. The minimum Gasteiger partial charge on any atom is -0.474 e. The van der Waals surface area contributed by atoms with E-state index in [4.69, 9.17) is 10.5 Å². The zero-order valence-corrected chi connectivity index (χ0v) is 9.69. The van der Waals surface area contributed by atoms with Crippen LogP contribution in [-0.2, 0) is 0 Å². The number of anilines is 1. The molecular weight excluding hydrogens is 192 g/mol. The largest absolute Gasteiger partial charge is 0.474 e. The van der Waals surface area contributed by atoms with Gasteiger partial charge in [0, 0.05) is 5.54 Å². The van der Waals surface area contributed by atoms with Crippen molar-refractivity contribution in [2.45, 2.75) is 19.4 Å². The molecule has 5 heteroatoms. The van der Waals surface area contributed by atoms with Gasteiger partial charge in [-0.2, -0.15) is 0 Å². The van der Waals surface area contributed by atoms with Gasteiger partial charge in [-0.1, -0.05) is 0 Å². The van der Waals surface area contributed by atoms with Crippen LogP contribution >= 0.6 is 0 Å². The molecule has 15 heavy (non-hydrogen) atoms. The summed E-state index contributed by atoms with van der Waals surface area (Å²) in [5.74, 6) is 0.444. The summed E-state index contributed by atoms with van der Waals surface area (Å²) in [4.78, 5) is 9.85. The van der Waals surface area contributed by atoms with Crippen LogP contribution in [0.3, 0.4) is 0 Å². The molecule has 1 rings (SSSR count). The minimum atomic E-state index is -0.0581. The van der Waals surface area contributed by atoms with E-state index < -0.39 is 0 Å². The molecule has 1 aromatic rings. The lowest BCUT2D eigenvalue weighted by Gasteiger charge is -2.31. The molecule has 0 saturated carbocycles. The molecule has 0 aliphatic carbocycles. The van der Waals surface area contributed by atoms with Gasteiger partial charge in [0.2, 0.25) is 5.88 Å². The van der Waals surface area contributed by atoms with E-state index in [1.165, 1.54) is 12.5 Å². The summed E-state index contributed by atoms with van der Waals surface area (Å²) >= 11 is 0. The van der Waals surface area contributed by atoms with Gasteiger partial charge in [0.25, 0.3) is 0 Å². The Bertz CT molecular complexity index is 325. The lowest BCUT2D eigenvalue weighted by Crippen LogP contribution is -2.43. The van der Waals surface area contributed by atoms with E-state index in [0.29, 0.717) is 18.2 Å². The zero-order valence-electron chi connectivity index (χ0n) is 9.69. The van der Waals surface area contributed by atoms with E-state index in [2.05, 4.69) is 28.7 Å². The average molecular weight is 210 g/mol. The molecule has 0 aliphatic rings. The Kier molecular flexibility index (Phi) is 3.47. The van der Waals surface area contributed by atoms with Gasteiger partial charge in [0.1, 0.15) is 18.6 Å². The fourth-order valence-electron chi connectivity index (χ4n) is 0.824. The SMILES string of the molecule is CN(C)C(C)(C)COc1ncncc1N.